The SMILES string of the molecule is O=C(NO)C1(NS(=O)(=O)c2ccc(Oc3ccc(F)cc3)cc2)COC(OCc2ccccc2)C1. The number of hydrogen-bond donors (Lipinski definition) is 3. The lowest BCUT2D eigenvalue weighted by atomic mass is 9.99. The number of hydroxylamine groups is 1. The summed E-state index contributed by atoms with van der Waals surface area (Å²) in [6.45, 7) is -0.144. The zero-order chi connectivity index (χ0) is 24.9. The Hall–Kier alpha value is -3.35. The summed E-state index contributed by atoms with van der Waals surface area (Å²) in [6.07, 6.45) is -1.03. The molecule has 3 aromatic carbocycles. The predicted molar refractivity (Wildman–Crippen MR) is 121 cm³/mol. The van der Waals surface area contributed by atoms with Crippen LogP contribution in [0, 0.1) is 5.82 Å². The molecule has 184 valence electrons. The Kier molecular flexibility index (Phi) is 7.43. The van der Waals surface area contributed by atoms with E-state index in [1.54, 1.807) is 0 Å². The van der Waals surface area contributed by atoms with Crippen molar-refractivity contribution >= 4 is 15.9 Å². The Morgan fingerprint density at radius 1 is 1.03 bits per heavy atom. The van der Waals surface area contributed by atoms with Crippen LogP contribution in [-0.4, -0.2) is 38.0 Å². The number of amides is 1. The van der Waals surface area contributed by atoms with Gasteiger partial charge in [-0.2, -0.15) is 4.72 Å². The van der Waals surface area contributed by atoms with Gasteiger partial charge >= 0.3 is 0 Å². The lowest BCUT2D eigenvalue weighted by molar-refractivity contribution is -0.135. The third-order valence-corrected chi connectivity index (χ3v) is 6.91. The highest BCUT2D eigenvalue weighted by Crippen LogP contribution is 2.29. The minimum absolute atomic E-state index is 0.136. The zero-order valence-electron chi connectivity index (χ0n) is 18.4. The van der Waals surface area contributed by atoms with Crippen LogP contribution >= 0.6 is 0 Å². The van der Waals surface area contributed by atoms with Gasteiger partial charge in [0.05, 0.1) is 18.1 Å². The van der Waals surface area contributed by atoms with Crippen molar-refractivity contribution in [3.8, 4) is 11.5 Å². The van der Waals surface area contributed by atoms with Crippen LogP contribution in [0.5, 0.6) is 11.5 Å². The first-order chi connectivity index (χ1) is 16.8. The molecular formula is C24H23FN2O7S. The highest BCUT2D eigenvalue weighted by molar-refractivity contribution is 7.89. The second-order valence-electron chi connectivity index (χ2n) is 7.90. The molecule has 1 fully saturated rings. The normalized spacial score (nSPS) is 19.9. The number of nitrogens with one attached hydrogen (secondary N) is 2. The lowest BCUT2D eigenvalue weighted by Crippen LogP contribution is -2.59. The number of sulfonamides is 1. The average Bonchev–Trinajstić information content (AvgIpc) is 3.28. The minimum Gasteiger partial charge on any atom is -0.457 e. The number of benzene rings is 3. The maximum absolute atomic E-state index is 13.1. The van der Waals surface area contributed by atoms with Gasteiger partial charge in [0.1, 0.15) is 22.9 Å². The standard InChI is InChI=1S/C24H23FN2O7S/c25-18-6-8-19(9-7-18)34-20-10-12-21(13-11-20)35(30,31)27-24(23(28)26-29)14-22(33-16-24)32-15-17-4-2-1-3-5-17/h1-13,22,27,29H,14-16H2,(H,26,28). The van der Waals surface area contributed by atoms with Gasteiger partial charge in [0, 0.05) is 6.42 Å². The Bertz CT molecular complexity index is 1260. The molecule has 1 aliphatic rings. The summed E-state index contributed by atoms with van der Waals surface area (Å²) < 4.78 is 58.3. The highest BCUT2D eigenvalue weighted by atomic mass is 32.2. The first kappa shape index (κ1) is 24.8. The van der Waals surface area contributed by atoms with Crippen LogP contribution in [0.2, 0.25) is 0 Å². The molecule has 9 nitrogen and oxygen atoms in total. The Morgan fingerprint density at radius 3 is 2.29 bits per heavy atom. The molecule has 3 N–H and O–H groups in total. The average molecular weight is 503 g/mol. The second kappa shape index (κ2) is 10.5. The van der Waals surface area contributed by atoms with Crippen LogP contribution < -0.4 is 14.9 Å². The van der Waals surface area contributed by atoms with Gasteiger partial charge in [0.25, 0.3) is 5.91 Å². The van der Waals surface area contributed by atoms with Gasteiger partial charge in [-0.1, -0.05) is 30.3 Å². The summed E-state index contributed by atoms with van der Waals surface area (Å²) in [5.41, 5.74) is 0.607. The molecule has 2 unspecified atom stereocenters. The third kappa shape index (κ3) is 6.02. The number of carbonyl (C=O) groups excluding carboxylic acids is 1. The van der Waals surface area contributed by atoms with Gasteiger partial charge in [-0.3, -0.25) is 10.0 Å². The molecule has 11 heteroatoms. The number of rotatable bonds is 9. The molecular weight excluding hydrogens is 479 g/mol. The highest BCUT2D eigenvalue weighted by Gasteiger charge is 2.50. The van der Waals surface area contributed by atoms with E-state index in [1.165, 1.54) is 54.0 Å². The van der Waals surface area contributed by atoms with Gasteiger partial charge in [-0.05, 0) is 54.1 Å². The first-order valence-corrected chi connectivity index (χ1v) is 12.1. The van der Waals surface area contributed by atoms with Crippen LogP contribution in [0.4, 0.5) is 4.39 Å². The third-order valence-electron chi connectivity index (χ3n) is 5.36. The van der Waals surface area contributed by atoms with E-state index in [1.807, 2.05) is 30.3 Å². The van der Waals surface area contributed by atoms with Crippen LogP contribution in [0.15, 0.2) is 83.8 Å². The van der Waals surface area contributed by atoms with E-state index in [2.05, 4.69) is 4.72 Å². The number of carbonyl (C=O) groups is 1. The second-order valence-corrected chi connectivity index (χ2v) is 9.58. The van der Waals surface area contributed by atoms with Crippen molar-refractivity contribution in [2.24, 2.45) is 0 Å². The Morgan fingerprint density at radius 2 is 1.66 bits per heavy atom. The first-order valence-electron chi connectivity index (χ1n) is 10.6. The molecule has 0 aromatic heterocycles. The quantitative estimate of drug-likeness (QED) is 0.304. The molecule has 3 aromatic rings. The smallest absolute Gasteiger partial charge is 0.267 e. The molecule has 0 aliphatic carbocycles. The largest absolute Gasteiger partial charge is 0.457 e. The van der Waals surface area contributed by atoms with Crippen LogP contribution in [0.1, 0.15) is 12.0 Å². The monoisotopic (exact) mass is 502 g/mol. The van der Waals surface area contributed by atoms with Gasteiger partial charge in [0.2, 0.25) is 10.0 Å². The molecule has 1 saturated heterocycles. The van der Waals surface area contributed by atoms with Gasteiger partial charge in [0.15, 0.2) is 6.29 Å². The molecule has 1 heterocycles. The Balaban J connectivity index is 1.45. The van der Waals surface area contributed by atoms with Crippen molar-refractivity contribution in [1.29, 1.82) is 0 Å². The van der Waals surface area contributed by atoms with E-state index in [0.717, 1.165) is 5.56 Å². The van der Waals surface area contributed by atoms with Crippen LogP contribution in [-0.2, 0) is 30.9 Å². The van der Waals surface area contributed by atoms with E-state index < -0.39 is 33.6 Å². The van der Waals surface area contributed by atoms with E-state index in [4.69, 9.17) is 14.2 Å². The maximum atomic E-state index is 13.1. The van der Waals surface area contributed by atoms with Crippen LogP contribution in [0.25, 0.3) is 0 Å². The molecule has 0 radical (unpaired) electrons. The molecule has 0 saturated carbocycles. The van der Waals surface area contributed by atoms with Gasteiger partial charge in [-0.25, -0.2) is 18.3 Å². The molecule has 0 bridgehead atoms. The fourth-order valence-corrected chi connectivity index (χ4v) is 4.89. The lowest BCUT2D eigenvalue weighted by Gasteiger charge is -2.26. The minimum atomic E-state index is -4.21. The van der Waals surface area contributed by atoms with Crippen molar-refractivity contribution in [3.05, 3.63) is 90.2 Å². The van der Waals surface area contributed by atoms with E-state index in [-0.39, 0.29) is 24.5 Å². The maximum Gasteiger partial charge on any atom is 0.267 e. The molecule has 1 aliphatic heterocycles. The van der Waals surface area contributed by atoms with Crippen molar-refractivity contribution in [2.45, 2.75) is 29.8 Å². The van der Waals surface area contributed by atoms with E-state index in [9.17, 15) is 22.8 Å². The summed E-state index contributed by atoms with van der Waals surface area (Å²) in [7, 11) is -4.21. The van der Waals surface area contributed by atoms with Crippen molar-refractivity contribution in [3.63, 3.8) is 0 Å². The fourth-order valence-electron chi connectivity index (χ4n) is 3.53. The van der Waals surface area contributed by atoms with Crippen LogP contribution in [0.3, 0.4) is 0 Å². The number of hydrogen-bond acceptors (Lipinski definition) is 7. The summed E-state index contributed by atoms with van der Waals surface area (Å²) >= 11 is 0. The summed E-state index contributed by atoms with van der Waals surface area (Å²) in [5.74, 6) is -0.669. The molecule has 0 spiro atoms. The summed E-state index contributed by atoms with van der Waals surface area (Å²) in [6, 6.07) is 20.1. The molecule has 4 rings (SSSR count). The summed E-state index contributed by atoms with van der Waals surface area (Å²) in [5, 5.41) is 9.24. The van der Waals surface area contributed by atoms with Crippen molar-refractivity contribution in [1.82, 2.24) is 10.2 Å². The zero-order valence-corrected chi connectivity index (χ0v) is 19.2. The Labute approximate surface area is 201 Å². The predicted octanol–water partition coefficient (Wildman–Crippen LogP) is 3.10. The van der Waals surface area contributed by atoms with E-state index >= 15 is 0 Å². The number of halogens is 1. The van der Waals surface area contributed by atoms with Gasteiger partial charge < -0.3 is 14.2 Å². The fraction of sp³-hybridized carbons (Fsp3) is 0.208. The van der Waals surface area contributed by atoms with Gasteiger partial charge in [-0.15, -0.1) is 0 Å². The van der Waals surface area contributed by atoms with Crippen molar-refractivity contribution in [2.75, 3.05) is 6.61 Å². The number of ether oxygens (including phenoxy) is 3. The molecule has 1 amide bonds. The molecule has 2 atom stereocenters. The van der Waals surface area contributed by atoms with Crippen molar-refractivity contribution < 1.29 is 37.0 Å². The van der Waals surface area contributed by atoms with E-state index in [0.29, 0.717) is 11.5 Å². The summed E-state index contributed by atoms with van der Waals surface area (Å²) in [4.78, 5) is 12.3. The molecule has 35 heavy (non-hydrogen) atoms. The topological polar surface area (TPSA) is 123 Å².